The van der Waals surface area contributed by atoms with Crippen molar-refractivity contribution in [2.75, 3.05) is 26.3 Å². The molecule has 0 aliphatic carbocycles. The number of carbonyl (C=O) groups excluding carboxylic acids is 2. The predicted molar refractivity (Wildman–Crippen MR) is 107 cm³/mol. The Balaban J connectivity index is 1.50. The lowest BCUT2D eigenvalue weighted by molar-refractivity contribution is -0.148. The van der Waals surface area contributed by atoms with E-state index >= 15 is 0 Å². The minimum absolute atomic E-state index is 0.0370. The van der Waals surface area contributed by atoms with Gasteiger partial charge in [0.25, 0.3) is 11.5 Å². The molecule has 154 valence electrons. The number of thiazole rings is 1. The molecule has 3 aliphatic rings. The van der Waals surface area contributed by atoms with E-state index in [2.05, 4.69) is 11.9 Å². The van der Waals surface area contributed by atoms with Gasteiger partial charge in [0, 0.05) is 42.8 Å². The predicted octanol–water partition coefficient (Wildman–Crippen LogP) is 1.39. The highest BCUT2D eigenvalue weighted by Crippen LogP contribution is 2.53. The van der Waals surface area contributed by atoms with E-state index in [0.717, 1.165) is 12.8 Å². The van der Waals surface area contributed by atoms with Crippen LogP contribution in [0.15, 0.2) is 22.4 Å². The molecule has 3 fully saturated rings. The van der Waals surface area contributed by atoms with Gasteiger partial charge in [-0.15, -0.1) is 11.3 Å². The van der Waals surface area contributed by atoms with Crippen LogP contribution in [0.2, 0.25) is 0 Å². The molecule has 0 saturated carbocycles. The van der Waals surface area contributed by atoms with Crippen molar-refractivity contribution in [3.05, 3.63) is 33.7 Å². The highest BCUT2D eigenvalue weighted by atomic mass is 32.1. The molecular formula is C20H24N4O4S. The standard InChI is InChI=1S/C20H24N4O4S/c1-2-20(18(27)22-5-8-28-9-6-22)12-13-3-4-15(20)24(13)17(26)14-11-16(25)21-19-23(14)7-10-29-19/h7,10-11,13,15H,2-6,8-9,12H2,1H3/t13-,15+,20+/m1/s1. The van der Waals surface area contributed by atoms with Gasteiger partial charge in [-0.05, 0) is 25.7 Å². The molecule has 2 amide bonds. The van der Waals surface area contributed by atoms with Crippen LogP contribution in [0.25, 0.3) is 4.96 Å². The molecule has 8 nitrogen and oxygen atoms in total. The molecule has 5 rings (SSSR count). The minimum atomic E-state index is -0.540. The molecule has 0 spiro atoms. The fourth-order valence-electron chi connectivity index (χ4n) is 5.48. The first-order valence-corrected chi connectivity index (χ1v) is 11.1. The van der Waals surface area contributed by atoms with Crippen molar-refractivity contribution in [1.29, 1.82) is 0 Å². The molecule has 3 aliphatic heterocycles. The Morgan fingerprint density at radius 2 is 2.10 bits per heavy atom. The maximum Gasteiger partial charge on any atom is 0.274 e. The summed E-state index contributed by atoms with van der Waals surface area (Å²) in [7, 11) is 0. The number of fused-ring (bicyclic) bond motifs is 3. The van der Waals surface area contributed by atoms with Crippen LogP contribution in [0.4, 0.5) is 0 Å². The largest absolute Gasteiger partial charge is 0.378 e. The Hall–Kier alpha value is -2.26. The Labute approximate surface area is 172 Å². The van der Waals surface area contributed by atoms with E-state index in [-0.39, 0.29) is 23.9 Å². The van der Waals surface area contributed by atoms with Gasteiger partial charge < -0.3 is 14.5 Å². The zero-order valence-electron chi connectivity index (χ0n) is 16.4. The van der Waals surface area contributed by atoms with E-state index in [4.69, 9.17) is 4.74 Å². The van der Waals surface area contributed by atoms with E-state index in [1.807, 2.05) is 15.2 Å². The van der Waals surface area contributed by atoms with E-state index in [9.17, 15) is 14.4 Å². The third-order valence-electron chi connectivity index (χ3n) is 6.86. The molecule has 3 atom stereocenters. The van der Waals surface area contributed by atoms with Crippen molar-refractivity contribution in [3.8, 4) is 0 Å². The number of ether oxygens (including phenoxy) is 1. The number of rotatable bonds is 3. The van der Waals surface area contributed by atoms with Crippen molar-refractivity contribution >= 4 is 28.1 Å². The maximum atomic E-state index is 13.6. The highest BCUT2D eigenvalue weighted by molar-refractivity contribution is 7.15. The van der Waals surface area contributed by atoms with Crippen molar-refractivity contribution in [2.24, 2.45) is 5.41 Å². The number of amides is 2. The summed E-state index contributed by atoms with van der Waals surface area (Å²) >= 11 is 1.33. The topological polar surface area (TPSA) is 84.2 Å². The normalized spacial score (nSPS) is 29.0. The van der Waals surface area contributed by atoms with Crippen LogP contribution in [0.3, 0.4) is 0 Å². The first kappa shape index (κ1) is 18.7. The molecule has 9 heteroatoms. The van der Waals surface area contributed by atoms with Gasteiger partial charge in [0.15, 0.2) is 4.96 Å². The number of hydrogen-bond acceptors (Lipinski definition) is 6. The SMILES string of the molecule is CC[C@]1(C(=O)N2CCOCC2)C[C@H]2CC[C@@H]1N2C(=O)c1cc(=O)nc2sccn12. The van der Waals surface area contributed by atoms with Gasteiger partial charge in [-0.25, -0.2) is 0 Å². The van der Waals surface area contributed by atoms with Gasteiger partial charge in [-0.1, -0.05) is 6.92 Å². The second-order valence-corrected chi connectivity index (χ2v) is 8.99. The second-order valence-electron chi connectivity index (χ2n) is 8.11. The summed E-state index contributed by atoms with van der Waals surface area (Å²) < 4.78 is 7.09. The van der Waals surface area contributed by atoms with Crippen LogP contribution in [0.1, 0.15) is 43.1 Å². The summed E-state index contributed by atoms with van der Waals surface area (Å²) in [5.41, 5.74) is -0.612. The molecule has 0 radical (unpaired) electrons. The van der Waals surface area contributed by atoms with E-state index in [0.29, 0.717) is 49.8 Å². The number of morpholine rings is 1. The van der Waals surface area contributed by atoms with E-state index in [1.54, 1.807) is 10.6 Å². The smallest absolute Gasteiger partial charge is 0.274 e. The molecule has 29 heavy (non-hydrogen) atoms. The van der Waals surface area contributed by atoms with Gasteiger partial charge >= 0.3 is 0 Å². The Morgan fingerprint density at radius 1 is 1.31 bits per heavy atom. The lowest BCUT2D eigenvalue weighted by Crippen LogP contribution is -2.53. The van der Waals surface area contributed by atoms with Crippen molar-refractivity contribution in [2.45, 2.75) is 44.7 Å². The molecule has 2 bridgehead atoms. The molecule has 3 saturated heterocycles. The quantitative estimate of drug-likeness (QED) is 0.755. The fourth-order valence-corrected chi connectivity index (χ4v) is 6.20. The van der Waals surface area contributed by atoms with Crippen LogP contribution in [-0.4, -0.2) is 69.4 Å². The van der Waals surface area contributed by atoms with Crippen LogP contribution in [0.5, 0.6) is 0 Å². The molecule has 5 heterocycles. The van der Waals surface area contributed by atoms with Crippen LogP contribution in [0, 0.1) is 5.41 Å². The van der Waals surface area contributed by atoms with Crippen LogP contribution >= 0.6 is 11.3 Å². The van der Waals surface area contributed by atoms with Gasteiger partial charge in [0.1, 0.15) is 5.69 Å². The molecular weight excluding hydrogens is 392 g/mol. The number of nitrogens with zero attached hydrogens (tertiary/aromatic N) is 4. The lowest BCUT2D eigenvalue weighted by atomic mass is 9.70. The molecule has 0 N–H and O–H groups in total. The van der Waals surface area contributed by atoms with Crippen LogP contribution in [-0.2, 0) is 9.53 Å². The number of carbonyl (C=O) groups is 2. The van der Waals surface area contributed by atoms with Gasteiger partial charge in [-0.3, -0.25) is 18.8 Å². The fraction of sp³-hybridized carbons (Fsp3) is 0.600. The summed E-state index contributed by atoms with van der Waals surface area (Å²) in [5, 5.41) is 1.81. The number of aromatic nitrogens is 2. The van der Waals surface area contributed by atoms with E-state index in [1.165, 1.54) is 17.4 Å². The minimum Gasteiger partial charge on any atom is -0.378 e. The first-order valence-electron chi connectivity index (χ1n) is 10.2. The van der Waals surface area contributed by atoms with Gasteiger partial charge in [0.05, 0.1) is 18.6 Å². The van der Waals surface area contributed by atoms with Crippen molar-refractivity contribution in [1.82, 2.24) is 19.2 Å². The maximum absolute atomic E-state index is 13.6. The molecule has 2 aromatic rings. The third kappa shape index (κ3) is 2.74. The number of hydrogen-bond donors (Lipinski definition) is 0. The average molecular weight is 417 g/mol. The molecule has 0 aromatic carbocycles. The summed E-state index contributed by atoms with van der Waals surface area (Å²) in [5.74, 6) is -0.0172. The second kappa shape index (κ2) is 6.91. The molecule has 0 unspecified atom stereocenters. The van der Waals surface area contributed by atoms with E-state index < -0.39 is 11.0 Å². The summed E-state index contributed by atoms with van der Waals surface area (Å²) in [6.45, 7) is 4.41. The summed E-state index contributed by atoms with van der Waals surface area (Å²) in [4.78, 5) is 47.4. The first-order chi connectivity index (χ1) is 14.0. The molecule has 2 aromatic heterocycles. The van der Waals surface area contributed by atoms with Crippen molar-refractivity contribution in [3.63, 3.8) is 0 Å². The third-order valence-corrected chi connectivity index (χ3v) is 7.62. The van der Waals surface area contributed by atoms with Crippen molar-refractivity contribution < 1.29 is 14.3 Å². The lowest BCUT2D eigenvalue weighted by Gasteiger charge is -2.40. The Bertz CT molecular complexity index is 1030. The summed E-state index contributed by atoms with van der Waals surface area (Å²) in [6.07, 6.45) is 4.90. The Kier molecular flexibility index (Phi) is 4.47. The van der Waals surface area contributed by atoms with Gasteiger partial charge in [0.2, 0.25) is 5.91 Å². The summed E-state index contributed by atoms with van der Waals surface area (Å²) in [6, 6.07) is 1.23. The highest BCUT2D eigenvalue weighted by Gasteiger charge is 2.61. The monoisotopic (exact) mass is 416 g/mol. The van der Waals surface area contributed by atoms with Gasteiger partial charge in [-0.2, -0.15) is 4.98 Å². The van der Waals surface area contributed by atoms with Crippen LogP contribution < -0.4 is 5.56 Å². The zero-order valence-corrected chi connectivity index (χ0v) is 17.2. The average Bonchev–Trinajstić information content (AvgIpc) is 3.46. The Morgan fingerprint density at radius 3 is 2.86 bits per heavy atom. The zero-order chi connectivity index (χ0) is 20.2.